The standard InChI is InChI=1S/C19H21N3O7S/c1-4-29-19(24)12-21(17-6-5-7-18(13(17)2)22(25)26)30(27,28)16-10-8-15(9-11-16)20-14(3)23/h5-11H,4,12H2,1-3H3,(H,20,23). The third-order valence-electron chi connectivity index (χ3n) is 4.08. The van der Waals surface area contributed by atoms with E-state index in [0.29, 0.717) is 5.69 Å². The van der Waals surface area contributed by atoms with Crippen molar-refractivity contribution in [2.45, 2.75) is 25.7 Å². The molecule has 0 unspecified atom stereocenters. The average Bonchev–Trinajstić information content (AvgIpc) is 2.66. The minimum atomic E-state index is -4.28. The molecule has 0 heterocycles. The number of ether oxygens (including phenoxy) is 1. The van der Waals surface area contributed by atoms with Crippen LogP contribution in [0.4, 0.5) is 17.1 Å². The van der Waals surface area contributed by atoms with E-state index in [1.807, 2.05) is 0 Å². The maximum Gasteiger partial charge on any atom is 0.326 e. The predicted molar refractivity (Wildman–Crippen MR) is 110 cm³/mol. The minimum absolute atomic E-state index is 0.0109. The molecule has 0 atom stereocenters. The van der Waals surface area contributed by atoms with Crippen molar-refractivity contribution >= 4 is 39.0 Å². The van der Waals surface area contributed by atoms with Crippen molar-refractivity contribution in [3.63, 3.8) is 0 Å². The monoisotopic (exact) mass is 435 g/mol. The number of amides is 1. The van der Waals surface area contributed by atoms with Crippen LogP contribution in [0.5, 0.6) is 0 Å². The summed E-state index contributed by atoms with van der Waals surface area (Å²) in [6.45, 7) is 3.69. The van der Waals surface area contributed by atoms with Gasteiger partial charge in [0.15, 0.2) is 0 Å². The highest BCUT2D eigenvalue weighted by atomic mass is 32.2. The number of carbonyl (C=O) groups excluding carboxylic acids is 2. The fourth-order valence-electron chi connectivity index (χ4n) is 2.74. The molecule has 10 nitrogen and oxygen atoms in total. The molecule has 0 fully saturated rings. The Morgan fingerprint density at radius 1 is 1.17 bits per heavy atom. The lowest BCUT2D eigenvalue weighted by Gasteiger charge is -2.25. The average molecular weight is 435 g/mol. The van der Waals surface area contributed by atoms with Crippen LogP contribution in [0.25, 0.3) is 0 Å². The van der Waals surface area contributed by atoms with Gasteiger partial charge < -0.3 is 10.1 Å². The van der Waals surface area contributed by atoms with E-state index in [0.717, 1.165) is 4.31 Å². The van der Waals surface area contributed by atoms with Gasteiger partial charge in [0.05, 0.1) is 27.7 Å². The summed E-state index contributed by atoms with van der Waals surface area (Å²) in [7, 11) is -4.28. The number of nitrogens with zero attached hydrogens (tertiary/aromatic N) is 2. The maximum absolute atomic E-state index is 13.3. The Hall–Kier alpha value is -3.47. The zero-order valence-corrected chi connectivity index (χ0v) is 17.4. The van der Waals surface area contributed by atoms with Crippen LogP contribution in [-0.2, 0) is 24.3 Å². The molecule has 30 heavy (non-hydrogen) atoms. The number of nitro groups is 1. The quantitative estimate of drug-likeness (QED) is 0.382. The summed E-state index contributed by atoms with van der Waals surface area (Å²) in [4.78, 5) is 33.7. The molecular weight excluding hydrogens is 414 g/mol. The molecule has 11 heteroatoms. The van der Waals surface area contributed by atoms with Crippen LogP contribution in [0.1, 0.15) is 19.4 Å². The molecule has 2 aromatic carbocycles. The Morgan fingerprint density at radius 3 is 2.33 bits per heavy atom. The van der Waals surface area contributed by atoms with Crippen molar-refractivity contribution in [2.75, 3.05) is 22.8 Å². The minimum Gasteiger partial charge on any atom is -0.465 e. The third-order valence-corrected chi connectivity index (χ3v) is 5.86. The van der Waals surface area contributed by atoms with Crippen LogP contribution in [-0.4, -0.2) is 38.4 Å². The lowest BCUT2D eigenvalue weighted by Crippen LogP contribution is -2.37. The highest BCUT2D eigenvalue weighted by Gasteiger charge is 2.30. The maximum atomic E-state index is 13.3. The number of benzene rings is 2. The van der Waals surface area contributed by atoms with Gasteiger partial charge in [-0.05, 0) is 44.2 Å². The van der Waals surface area contributed by atoms with E-state index in [1.165, 1.54) is 56.3 Å². The second kappa shape index (κ2) is 9.35. The molecular formula is C19H21N3O7S. The van der Waals surface area contributed by atoms with Crippen molar-refractivity contribution in [1.82, 2.24) is 0 Å². The molecule has 1 amide bonds. The van der Waals surface area contributed by atoms with Crippen LogP contribution in [0.2, 0.25) is 0 Å². The topological polar surface area (TPSA) is 136 Å². The van der Waals surface area contributed by atoms with Crippen molar-refractivity contribution in [3.8, 4) is 0 Å². The van der Waals surface area contributed by atoms with Gasteiger partial charge in [-0.25, -0.2) is 8.42 Å². The second-order valence-electron chi connectivity index (χ2n) is 6.20. The molecule has 2 aromatic rings. The number of esters is 1. The van der Waals surface area contributed by atoms with E-state index >= 15 is 0 Å². The van der Waals surface area contributed by atoms with Crippen LogP contribution in [0, 0.1) is 17.0 Å². The molecule has 1 N–H and O–H groups in total. The number of nitrogens with one attached hydrogen (secondary N) is 1. The smallest absolute Gasteiger partial charge is 0.326 e. The highest BCUT2D eigenvalue weighted by Crippen LogP contribution is 2.32. The molecule has 0 saturated heterocycles. The number of sulfonamides is 1. The van der Waals surface area contributed by atoms with Gasteiger partial charge >= 0.3 is 5.97 Å². The molecule has 0 saturated carbocycles. The fourth-order valence-corrected chi connectivity index (χ4v) is 4.21. The van der Waals surface area contributed by atoms with E-state index in [4.69, 9.17) is 4.74 Å². The van der Waals surface area contributed by atoms with E-state index in [2.05, 4.69) is 5.32 Å². The van der Waals surface area contributed by atoms with Crippen LogP contribution in [0.15, 0.2) is 47.4 Å². The van der Waals surface area contributed by atoms with Gasteiger partial charge in [0.1, 0.15) is 6.54 Å². The summed E-state index contributed by atoms with van der Waals surface area (Å²) in [5.41, 5.74) is 0.191. The largest absolute Gasteiger partial charge is 0.465 e. The van der Waals surface area contributed by atoms with Crippen molar-refractivity contribution in [1.29, 1.82) is 0 Å². The fraction of sp³-hybridized carbons (Fsp3) is 0.263. The third kappa shape index (κ3) is 5.11. The summed E-state index contributed by atoms with van der Waals surface area (Å²) in [5.74, 6) is -1.12. The summed E-state index contributed by atoms with van der Waals surface area (Å²) < 4.78 is 32.3. The van der Waals surface area contributed by atoms with Crippen LogP contribution >= 0.6 is 0 Å². The first-order valence-corrected chi connectivity index (χ1v) is 10.3. The first kappa shape index (κ1) is 22.8. The van der Waals surface area contributed by atoms with E-state index in [-0.39, 0.29) is 34.3 Å². The highest BCUT2D eigenvalue weighted by molar-refractivity contribution is 7.92. The molecule has 0 aliphatic carbocycles. The number of hydrogen-bond acceptors (Lipinski definition) is 7. The second-order valence-corrected chi connectivity index (χ2v) is 8.06. The molecule has 0 radical (unpaired) electrons. The predicted octanol–water partition coefficient (Wildman–Crippen LogP) is 2.62. The van der Waals surface area contributed by atoms with Gasteiger partial charge in [-0.15, -0.1) is 0 Å². The SMILES string of the molecule is CCOC(=O)CN(c1cccc([N+](=O)[O-])c1C)S(=O)(=O)c1ccc(NC(C)=O)cc1. The molecule has 160 valence electrons. The van der Waals surface area contributed by atoms with Gasteiger partial charge in [0.25, 0.3) is 15.7 Å². The van der Waals surface area contributed by atoms with Crippen molar-refractivity contribution in [2.24, 2.45) is 0 Å². The van der Waals surface area contributed by atoms with Crippen molar-refractivity contribution < 1.29 is 27.7 Å². The summed E-state index contributed by atoms with van der Waals surface area (Å²) in [6, 6.07) is 9.31. The molecule has 0 bridgehead atoms. The lowest BCUT2D eigenvalue weighted by atomic mass is 10.1. The summed E-state index contributed by atoms with van der Waals surface area (Å²) in [5, 5.41) is 13.8. The Bertz CT molecular complexity index is 1070. The lowest BCUT2D eigenvalue weighted by molar-refractivity contribution is -0.385. The zero-order valence-electron chi connectivity index (χ0n) is 16.6. The Kier molecular flexibility index (Phi) is 7.11. The molecule has 0 aromatic heterocycles. The molecule has 0 aliphatic rings. The first-order chi connectivity index (χ1) is 14.1. The normalized spacial score (nSPS) is 10.9. The number of nitro benzene ring substituents is 1. The number of hydrogen-bond donors (Lipinski definition) is 1. The van der Waals surface area contributed by atoms with E-state index in [9.17, 15) is 28.1 Å². The van der Waals surface area contributed by atoms with Gasteiger partial charge in [-0.2, -0.15) is 0 Å². The number of anilines is 2. The van der Waals surface area contributed by atoms with Gasteiger partial charge in [-0.1, -0.05) is 6.07 Å². The number of rotatable bonds is 8. The van der Waals surface area contributed by atoms with Crippen LogP contribution < -0.4 is 9.62 Å². The number of carbonyl (C=O) groups is 2. The first-order valence-electron chi connectivity index (χ1n) is 8.88. The molecule has 0 aliphatic heterocycles. The van der Waals surface area contributed by atoms with Crippen LogP contribution in [0.3, 0.4) is 0 Å². The zero-order chi connectivity index (χ0) is 22.5. The summed E-state index contributed by atoms with van der Waals surface area (Å²) >= 11 is 0. The Labute approximate surface area is 173 Å². The Morgan fingerprint density at radius 2 is 1.80 bits per heavy atom. The Balaban J connectivity index is 2.56. The molecule has 2 rings (SSSR count). The van der Waals surface area contributed by atoms with Crippen molar-refractivity contribution in [3.05, 3.63) is 58.1 Å². The van der Waals surface area contributed by atoms with E-state index < -0.39 is 27.5 Å². The summed E-state index contributed by atoms with van der Waals surface area (Å²) in [6.07, 6.45) is 0. The van der Waals surface area contributed by atoms with Gasteiger partial charge in [-0.3, -0.25) is 24.0 Å². The molecule has 0 spiro atoms. The van der Waals surface area contributed by atoms with E-state index in [1.54, 1.807) is 6.92 Å². The van der Waals surface area contributed by atoms with Gasteiger partial charge in [0, 0.05) is 18.7 Å². The van der Waals surface area contributed by atoms with Gasteiger partial charge in [0.2, 0.25) is 5.91 Å².